The zero-order valence-corrected chi connectivity index (χ0v) is 26.0. The summed E-state index contributed by atoms with van der Waals surface area (Å²) in [6.07, 6.45) is 6.01. The minimum atomic E-state index is 1.01. The van der Waals surface area contributed by atoms with Gasteiger partial charge in [-0.05, 0) is 104 Å². The molecule has 7 aromatic carbocycles. The first-order chi connectivity index (χ1) is 22.8. The predicted molar refractivity (Wildman–Crippen MR) is 195 cm³/mol. The SMILES string of the molecule is c1ccc(N2c3ccccc3CCc3ccc(Sc4c5ccccc5c(-c5ccc6ccccc6c5)c5cnccc45)cc32)cc1. The van der Waals surface area contributed by atoms with Crippen LogP contribution in [-0.2, 0) is 12.8 Å². The Morgan fingerprint density at radius 1 is 0.522 bits per heavy atom. The van der Waals surface area contributed by atoms with E-state index in [1.807, 2.05) is 24.2 Å². The molecule has 0 fully saturated rings. The van der Waals surface area contributed by atoms with E-state index in [2.05, 4.69) is 155 Å². The van der Waals surface area contributed by atoms with Gasteiger partial charge in [0.05, 0.1) is 5.69 Å². The number of hydrogen-bond acceptors (Lipinski definition) is 3. The summed E-state index contributed by atoms with van der Waals surface area (Å²) in [5, 5.41) is 7.40. The highest BCUT2D eigenvalue weighted by Gasteiger charge is 2.23. The van der Waals surface area contributed by atoms with Crippen LogP contribution < -0.4 is 4.90 Å². The maximum atomic E-state index is 4.63. The van der Waals surface area contributed by atoms with Crippen molar-refractivity contribution in [1.82, 2.24) is 4.98 Å². The Balaban J connectivity index is 1.23. The molecule has 2 nitrogen and oxygen atoms in total. The monoisotopic (exact) mass is 606 g/mol. The summed E-state index contributed by atoms with van der Waals surface area (Å²) in [4.78, 5) is 9.57. The van der Waals surface area contributed by atoms with Crippen molar-refractivity contribution in [3.05, 3.63) is 169 Å². The van der Waals surface area contributed by atoms with E-state index in [-0.39, 0.29) is 0 Å². The van der Waals surface area contributed by atoms with Gasteiger partial charge in [0.2, 0.25) is 0 Å². The third-order valence-electron chi connectivity index (χ3n) is 9.24. The first-order valence-corrected chi connectivity index (χ1v) is 16.6. The molecule has 0 atom stereocenters. The highest BCUT2D eigenvalue weighted by Crippen LogP contribution is 2.48. The van der Waals surface area contributed by atoms with Gasteiger partial charge in [-0.3, -0.25) is 4.98 Å². The van der Waals surface area contributed by atoms with Gasteiger partial charge in [0.15, 0.2) is 0 Å². The van der Waals surface area contributed by atoms with Crippen LogP contribution >= 0.6 is 11.8 Å². The van der Waals surface area contributed by atoms with E-state index in [0.717, 1.165) is 12.8 Å². The van der Waals surface area contributed by atoms with Gasteiger partial charge in [-0.15, -0.1) is 0 Å². The molecular formula is C43H30N2S. The van der Waals surface area contributed by atoms with Gasteiger partial charge in [-0.2, -0.15) is 0 Å². The minimum absolute atomic E-state index is 1.01. The highest BCUT2D eigenvalue weighted by molar-refractivity contribution is 7.99. The summed E-state index contributed by atoms with van der Waals surface area (Å²) in [5.41, 5.74) is 8.90. The second kappa shape index (κ2) is 11.2. The number of aryl methyl sites for hydroxylation is 2. The molecule has 46 heavy (non-hydrogen) atoms. The Morgan fingerprint density at radius 3 is 2.13 bits per heavy atom. The number of hydrogen-bond donors (Lipinski definition) is 0. The topological polar surface area (TPSA) is 16.1 Å². The van der Waals surface area contributed by atoms with Crippen molar-refractivity contribution < 1.29 is 0 Å². The number of anilines is 3. The molecule has 0 spiro atoms. The lowest BCUT2D eigenvalue weighted by Gasteiger charge is -2.27. The van der Waals surface area contributed by atoms with E-state index >= 15 is 0 Å². The molecule has 1 aliphatic heterocycles. The summed E-state index contributed by atoms with van der Waals surface area (Å²) in [5.74, 6) is 0. The number of benzene rings is 7. The first-order valence-electron chi connectivity index (χ1n) is 15.8. The Bertz CT molecular complexity index is 2360. The van der Waals surface area contributed by atoms with Crippen LogP contribution in [0.25, 0.3) is 43.4 Å². The van der Waals surface area contributed by atoms with Gasteiger partial charge < -0.3 is 4.90 Å². The fourth-order valence-corrected chi connectivity index (χ4v) is 8.20. The second-order valence-corrected chi connectivity index (χ2v) is 13.0. The number of rotatable bonds is 4. The molecule has 0 bridgehead atoms. The van der Waals surface area contributed by atoms with Crippen LogP contribution in [0.1, 0.15) is 11.1 Å². The average Bonchev–Trinajstić information content (AvgIpc) is 3.28. The molecule has 1 aromatic heterocycles. The third kappa shape index (κ3) is 4.55. The Labute approximate surface area is 273 Å². The van der Waals surface area contributed by atoms with Crippen LogP contribution in [-0.4, -0.2) is 4.98 Å². The first kappa shape index (κ1) is 27.0. The summed E-state index contributed by atoms with van der Waals surface area (Å²) in [6, 6.07) is 53.1. The van der Waals surface area contributed by atoms with Crippen molar-refractivity contribution in [3.63, 3.8) is 0 Å². The molecule has 0 N–H and O–H groups in total. The molecule has 0 amide bonds. The van der Waals surface area contributed by atoms with Crippen molar-refractivity contribution in [2.75, 3.05) is 4.90 Å². The molecule has 9 rings (SSSR count). The number of para-hydroxylation sites is 2. The zero-order valence-electron chi connectivity index (χ0n) is 25.2. The van der Waals surface area contributed by atoms with Crippen molar-refractivity contribution in [2.24, 2.45) is 0 Å². The van der Waals surface area contributed by atoms with E-state index in [1.165, 1.54) is 81.4 Å². The maximum Gasteiger partial charge on any atom is 0.0505 e. The molecule has 218 valence electrons. The number of pyridine rings is 1. The van der Waals surface area contributed by atoms with Gasteiger partial charge in [0.25, 0.3) is 0 Å². The fourth-order valence-electron chi connectivity index (χ4n) is 7.09. The van der Waals surface area contributed by atoms with E-state index < -0.39 is 0 Å². The van der Waals surface area contributed by atoms with Gasteiger partial charge in [0, 0.05) is 38.9 Å². The van der Waals surface area contributed by atoms with Crippen LogP contribution in [0.3, 0.4) is 0 Å². The van der Waals surface area contributed by atoms with Crippen LogP contribution in [0.4, 0.5) is 17.1 Å². The summed E-state index contributed by atoms with van der Waals surface area (Å²) < 4.78 is 0. The van der Waals surface area contributed by atoms with Crippen LogP contribution in [0, 0.1) is 0 Å². The molecule has 2 heterocycles. The second-order valence-electron chi connectivity index (χ2n) is 11.9. The van der Waals surface area contributed by atoms with Gasteiger partial charge in [-0.1, -0.05) is 115 Å². The summed E-state index contributed by atoms with van der Waals surface area (Å²) >= 11 is 1.86. The lowest BCUT2D eigenvalue weighted by molar-refractivity contribution is 0.976. The zero-order chi connectivity index (χ0) is 30.5. The molecule has 1 aliphatic rings. The molecule has 0 saturated heterocycles. The Hall–Kier alpha value is -5.38. The molecule has 0 saturated carbocycles. The highest BCUT2D eigenvalue weighted by atomic mass is 32.2. The summed E-state index contributed by atoms with van der Waals surface area (Å²) in [7, 11) is 0. The van der Waals surface area contributed by atoms with E-state index in [1.54, 1.807) is 0 Å². The van der Waals surface area contributed by atoms with Gasteiger partial charge in [-0.25, -0.2) is 0 Å². The van der Waals surface area contributed by atoms with Crippen LogP contribution in [0.15, 0.2) is 168 Å². The summed E-state index contributed by atoms with van der Waals surface area (Å²) in [6.45, 7) is 0. The normalized spacial score (nSPS) is 12.7. The molecule has 0 radical (unpaired) electrons. The minimum Gasteiger partial charge on any atom is -0.310 e. The van der Waals surface area contributed by atoms with E-state index in [0.29, 0.717) is 0 Å². The average molecular weight is 607 g/mol. The lowest BCUT2D eigenvalue weighted by Crippen LogP contribution is -2.11. The van der Waals surface area contributed by atoms with E-state index in [4.69, 9.17) is 0 Å². The van der Waals surface area contributed by atoms with Crippen LogP contribution in [0.5, 0.6) is 0 Å². The van der Waals surface area contributed by atoms with Crippen molar-refractivity contribution >= 4 is 61.1 Å². The van der Waals surface area contributed by atoms with Crippen molar-refractivity contribution in [3.8, 4) is 11.1 Å². The number of fused-ring (bicyclic) bond motifs is 5. The Morgan fingerprint density at radius 2 is 1.24 bits per heavy atom. The molecular weight excluding hydrogens is 577 g/mol. The van der Waals surface area contributed by atoms with Crippen molar-refractivity contribution in [1.29, 1.82) is 0 Å². The molecule has 8 aromatic rings. The number of aromatic nitrogens is 1. The molecule has 3 heteroatoms. The predicted octanol–water partition coefficient (Wildman–Crippen LogP) is 11.9. The molecule has 0 aliphatic carbocycles. The third-order valence-corrected chi connectivity index (χ3v) is 10.4. The quantitative estimate of drug-likeness (QED) is 0.185. The standard InChI is InChI=1S/C43H30N2S/c1-2-13-34(14-3-1)45-40-17-9-6-11-30(40)19-20-31-22-23-35(27-41(31)45)46-43-37-16-8-7-15-36(37)42(39-28-44-25-24-38(39)43)33-21-18-29-10-4-5-12-32(29)26-33/h1-18,21-28H,19-20H2. The van der Waals surface area contributed by atoms with Gasteiger partial charge in [0.1, 0.15) is 0 Å². The number of nitrogens with zero attached hydrogens (tertiary/aromatic N) is 2. The maximum absolute atomic E-state index is 4.63. The largest absolute Gasteiger partial charge is 0.310 e. The lowest BCUT2D eigenvalue weighted by atomic mass is 9.92. The van der Waals surface area contributed by atoms with Crippen molar-refractivity contribution in [2.45, 2.75) is 22.6 Å². The van der Waals surface area contributed by atoms with Crippen LogP contribution in [0.2, 0.25) is 0 Å². The molecule has 0 unspecified atom stereocenters. The van der Waals surface area contributed by atoms with Gasteiger partial charge >= 0.3 is 0 Å². The Kier molecular flexibility index (Phi) is 6.57. The smallest absolute Gasteiger partial charge is 0.0505 e. The fraction of sp³-hybridized carbons (Fsp3) is 0.0465. The van der Waals surface area contributed by atoms with E-state index in [9.17, 15) is 0 Å².